The van der Waals surface area contributed by atoms with Crippen molar-refractivity contribution in [3.63, 3.8) is 0 Å². The molecule has 1 aliphatic heterocycles. The highest BCUT2D eigenvalue weighted by Crippen LogP contribution is 2.34. The van der Waals surface area contributed by atoms with Crippen molar-refractivity contribution in [3.8, 4) is 5.75 Å². The first kappa shape index (κ1) is 13.3. The third kappa shape index (κ3) is 2.83. The van der Waals surface area contributed by atoms with Gasteiger partial charge in [-0.2, -0.15) is 0 Å². The van der Waals surface area contributed by atoms with Gasteiger partial charge in [0, 0.05) is 12.1 Å². The molecule has 2 unspecified atom stereocenters. The van der Waals surface area contributed by atoms with Crippen LogP contribution in [0.3, 0.4) is 0 Å². The van der Waals surface area contributed by atoms with Crippen LogP contribution in [0.4, 0.5) is 0 Å². The predicted octanol–water partition coefficient (Wildman–Crippen LogP) is 2.02. The summed E-state index contributed by atoms with van der Waals surface area (Å²) in [6, 6.07) is 7.80. The Hall–Kier alpha value is -1.10. The number of hydrogen-bond acceptors (Lipinski definition) is 4. The molecule has 4 heteroatoms. The summed E-state index contributed by atoms with van der Waals surface area (Å²) in [5.74, 6) is 0.158. The van der Waals surface area contributed by atoms with Gasteiger partial charge in [-0.25, -0.2) is 0 Å². The molecule has 4 nitrogen and oxygen atoms in total. The maximum absolute atomic E-state index is 5.82. The van der Waals surface area contributed by atoms with Gasteiger partial charge in [-0.15, -0.1) is 0 Å². The fourth-order valence-electron chi connectivity index (χ4n) is 2.01. The molecule has 1 aromatic carbocycles. The van der Waals surface area contributed by atoms with Gasteiger partial charge in [0.25, 0.3) is 0 Å². The Morgan fingerprint density at radius 2 is 2.06 bits per heavy atom. The van der Waals surface area contributed by atoms with Crippen LogP contribution < -0.4 is 10.5 Å². The lowest BCUT2D eigenvalue weighted by atomic mass is 10.1. The summed E-state index contributed by atoms with van der Waals surface area (Å²) in [6.07, 6.45) is 0.147. The van der Waals surface area contributed by atoms with Gasteiger partial charge in [-0.05, 0) is 45.0 Å². The first-order valence-corrected chi connectivity index (χ1v) is 6.32. The Labute approximate surface area is 108 Å². The molecule has 0 aliphatic carbocycles. The van der Waals surface area contributed by atoms with E-state index in [-0.39, 0.29) is 12.2 Å². The second-order valence-electron chi connectivity index (χ2n) is 4.92. The number of benzene rings is 1. The molecule has 1 saturated heterocycles. The topological polar surface area (TPSA) is 53.7 Å². The minimum Gasteiger partial charge on any atom is -0.491 e. The molecule has 100 valence electrons. The Kier molecular flexibility index (Phi) is 3.90. The molecule has 1 aromatic rings. The Morgan fingerprint density at radius 1 is 1.39 bits per heavy atom. The van der Waals surface area contributed by atoms with Crippen molar-refractivity contribution in [2.75, 3.05) is 13.2 Å². The van der Waals surface area contributed by atoms with E-state index in [0.29, 0.717) is 13.2 Å². The van der Waals surface area contributed by atoms with Crippen LogP contribution in [0.2, 0.25) is 0 Å². The zero-order valence-corrected chi connectivity index (χ0v) is 11.2. The average molecular weight is 251 g/mol. The molecule has 0 radical (unpaired) electrons. The lowest BCUT2D eigenvalue weighted by Crippen LogP contribution is -2.27. The standard InChI is InChI=1S/C14H21NO3/c1-10(2)17-12-6-4-11(5-7-12)14(3)16-9-13(8-15)18-14/h4-7,10,13H,8-9,15H2,1-3H3. The van der Waals surface area contributed by atoms with Crippen molar-refractivity contribution in [2.45, 2.75) is 38.8 Å². The fraction of sp³-hybridized carbons (Fsp3) is 0.571. The highest BCUT2D eigenvalue weighted by molar-refractivity contribution is 5.30. The van der Waals surface area contributed by atoms with Gasteiger partial charge in [-0.3, -0.25) is 0 Å². The molecule has 1 heterocycles. The SMILES string of the molecule is CC(C)Oc1ccc(C2(C)OCC(CN)O2)cc1. The van der Waals surface area contributed by atoms with E-state index >= 15 is 0 Å². The van der Waals surface area contributed by atoms with Crippen LogP contribution in [0, 0.1) is 0 Å². The minimum absolute atomic E-state index is 0.0263. The van der Waals surface area contributed by atoms with E-state index < -0.39 is 5.79 Å². The van der Waals surface area contributed by atoms with E-state index in [9.17, 15) is 0 Å². The molecular formula is C14H21NO3. The lowest BCUT2D eigenvalue weighted by molar-refractivity contribution is -0.160. The van der Waals surface area contributed by atoms with E-state index in [1.807, 2.05) is 45.0 Å². The van der Waals surface area contributed by atoms with E-state index in [4.69, 9.17) is 19.9 Å². The highest BCUT2D eigenvalue weighted by atomic mass is 16.7. The summed E-state index contributed by atoms with van der Waals surface area (Å²) in [5.41, 5.74) is 6.57. The van der Waals surface area contributed by atoms with E-state index in [1.54, 1.807) is 0 Å². The van der Waals surface area contributed by atoms with Gasteiger partial charge in [-0.1, -0.05) is 0 Å². The summed E-state index contributed by atoms with van der Waals surface area (Å²) in [5, 5.41) is 0. The van der Waals surface area contributed by atoms with Crippen LogP contribution >= 0.6 is 0 Å². The van der Waals surface area contributed by atoms with Gasteiger partial charge in [0.05, 0.1) is 18.8 Å². The summed E-state index contributed by atoms with van der Waals surface area (Å²) in [4.78, 5) is 0. The first-order valence-electron chi connectivity index (χ1n) is 6.32. The van der Waals surface area contributed by atoms with Gasteiger partial charge in [0.15, 0.2) is 5.79 Å². The molecule has 0 saturated carbocycles. The summed E-state index contributed by atoms with van der Waals surface area (Å²) >= 11 is 0. The van der Waals surface area contributed by atoms with Gasteiger partial charge >= 0.3 is 0 Å². The molecule has 2 rings (SSSR count). The molecule has 1 aliphatic rings. The highest BCUT2D eigenvalue weighted by Gasteiger charge is 2.38. The number of hydrogen-bond donors (Lipinski definition) is 1. The number of nitrogens with two attached hydrogens (primary N) is 1. The molecule has 18 heavy (non-hydrogen) atoms. The molecule has 2 atom stereocenters. The van der Waals surface area contributed by atoms with E-state index in [0.717, 1.165) is 11.3 Å². The normalized spacial score (nSPS) is 27.7. The molecular weight excluding hydrogens is 230 g/mol. The Morgan fingerprint density at radius 3 is 2.56 bits per heavy atom. The van der Waals surface area contributed by atoms with Gasteiger partial charge < -0.3 is 19.9 Å². The largest absolute Gasteiger partial charge is 0.491 e. The number of ether oxygens (including phenoxy) is 3. The van der Waals surface area contributed by atoms with Crippen molar-refractivity contribution >= 4 is 0 Å². The molecule has 0 aromatic heterocycles. The van der Waals surface area contributed by atoms with Crippen molar-refractivity contribution in [1.82, 2.24) is 0 Å². The van der Waals surface area contributed by atoms with Crippen LogP contribution in [0.5, 0.6) is 5.75 Å². The lowest BCUT2D eigenvalue weighted by Gasteiger charge is -2.24. The third-order valence-electron chi connectivity index (χ3n) is 2.95. The average Bonchev–Trinajstić information content (AvgIpc) is 2.72. The van der Waals surface area contributed by atoms with Crippen molar-refractivity contribution in [3.05, 3.63) is 29.8 Å². The quantitative estimate of drug-likeness (QED) is 0.889. The molecule has 1 fully saturated rings. The third-order valence-corrected chi connectivity index (χ3v) is 2.95. The minimum atomic E-state index is -0.694. The predicted molar refractivity (Wildman–Crippen MR) is 69.4 cm³/mol. The van der Waals surface area contributed by atoms with Crippen LogP contribution in [-0.2, 0) is 15.3 Å². The Balaban J connectivity index is 2.10. The maximum Gasteiger partial charge on any atom is 0.192 e. The summed E-state index contributed by atoms with van der Waals surface area (Å²) in [7, 11) is 0. The van der Waals surface area contributed by atoms with Crippen LogP contribution in [-0.4, -0.2) is 25.4 Å². The van der Waals surface area contributed by atoms with E-state index in [2.05, 4.69) is 0 Å². The summed E-state index contributed by atoms with van der Waals surface area (Å²) in [6.45, 7) is 6.94. The van der Waals surface area contributed by atoms with Crippen molar-refractivity contribution < 1.29 is 14.2 Å². The molecule has 0 amide bonds. The maximum atomic E-state index is 5.82. The van der Waals surface area contributed by atoms with Crippen molar-refractivity contribution in [2.24, 2.45) is 5.73 Å². The first-order chi connectivity index (χ1) is 8.53. The van der Waals surface area contributed by atoms with Gasteiger partial charge in [0.2, 0.25) is 0 Å². The Bertz CT molecular complexity index is 391. The van der Waals surface area contributed by atoms with Crippen LogP contribution in [0.25, 0.3) is 0 Å². The monoisotopic (exact) mass is 251 g/mol. The zero-order valence-electron chi connectivity index (χ0n) is 11.2. The second-order valence-corrected chi connectivity index (χ2v) is 4.92. The molecule has 0 spiro atoms. The number of rotatable bonds is 4. The zero-order chi connectivity index (χ0) is 13.2. The second kappa shape index (κ2) is 5.26. The van der Waals surface area contributed by atoms with Crippen molar-refractivity contribution in [1.29, 1.82) is 0 Å². The van der Waals surface area contributed by atoms with E-state index in [1.165, 1.54) is 0 Å². The smallest absolute Gasteiger partial charge is 0.192 e. The fourth-order valence-corrected chi connectivity index (χ4v) is 2.01. The molecule has 2 N–H and O–H groups in total. The molecule has 0 bridgehead atoms. The van der Waals surface area contributed by atoms with Crippen LogP contribution in [0.15, 0.2) is 24.3 Å². The summed E-state index contributed by atoms with van der Waals surface area (Å²) < 4.78 is 17.1. The van der Waals surface area contributed by atoms with Crippen LogP contribution in [0.1, 0.15) is 26.3 Å². The van der Waals surface area contributed by atoms with Gasteiger partial charge in [0.1, 0.15) is 5.75 Å².